The normalized spacial score (nSPS) is 12.4. The van der Waals surface area contributed by atoms with Crippen LogP contribution in [0.15, 0.2) is 18.2 Å². The van der Waals surface area contributed by atoms with Gasteiger partial charge in [-0.2, -0.15) is 0 Å². The van der Waals surface area contributed by atoms with E-state index in [1.807, 2.05) is 6.07 Å². The van der Waals surface area contributed by atoms with Gasteiger partial charge in [-0.15, -0.1) is 0 Å². The standard InChI is InChI=1S/C16H28N2O/c1-4-5-6-7-8-9-16(18-17)15-11-10-14(19-3)12-13(15)2/h10-12,16,18H,4-9,17H2,1-3H3. The summed E-state index contributed by atoms with van der Waals surface area (Å²) in [5.41, 5.74) is 5.46. The lowest BCUT2D eigenvalue weighted by Crippen LogP contribution is -2.28. The van der Waals surface area contributed by atoms with Crippen LogP contribution < -0.4 is 16.0 Å². The van der Waals surface area contributed by atoms with Crippen molar-refractivity contribution in [3.05, 3.63) is 29.3 Å². The first-order chi connectivity index (χ1) is 9.22. The SMILES string of the molecule is CCCCCCCC(NN)c1ccc(OC)cc1C. The van der Waals surface area contributed by atoms with E-state index in [1.165, 1.54) is 43.2 Å². The molecule has 19 heavy (non-hydrogen) atoms. The molecule has 1 atom stereocenters. The minimum atomic E-state index is 0.243. The fraction of sp³-hybridized carbons (Fsp3) is 0.625. The van der Waals surface area contributed by atoms with E-state index in [2.05, 4.69) is 31.4 Å². The molecule has 0 saturated carbocycles. The molecule has 0 amide bonds. The van der Waals surface area contributed by atoms with Gasteiger partial charge in [-0.05, 0) is 36.6 Å². The Morgan fingerprint density at radius 2 is 1.95 bits per heavy atom. The Morgan fingerprint density at radius 1 is 1.21 bits per heavy atom. The lowest BCUT2D eigenvalue weighted by atomic mass is 9.96. The molecule has 0 aliphatic rings. The quantitative estimate of drug-likeness (QED) is 0.404. The summed E-state index contributed by atoms with van der Waals surface area (Å²) >= 11 is 0. The molecular formula is C16H28N2O. The van der Waals surface area contributed by atoms with Crippen molar-refractivity contribution in [3.8, 4) is 5.75 Å². The second-order valence-electron chi connectivity index (χ2n) is 5.14. The van der Waals surface area contributed by atoms with Crippen LogP contribution in [0.25, 0.3) is 0 Å². The highest BCUT2D eigenvalue weighted by molar-refractivity contribution is 5.36. The van der Waals surface area contributed by atoms with Crippen LogP contribution in [-0.4, -0.2) is 7.11 Å². The van der Waals surface area contributed by atoms with E-state index in [4.69, 9.17) is 10.6 Å². The predicted molar refractivity (Wildman–Crippen MR) is 81.2 cm³/mol. The molecule has 3 N–H and O–H groups in total. The number of rotatable bonds is 9. The summed E-state index contributed by atoms with van der Waals surface area (Å²) in [6.07, 6.45) is 7.56. The molecule has 1 aromatic carbocycles. The highest BCUT2D eigenvalue weighted by Gasteiger charge is 2.12. The van der Waals surface area contributed by atoms with Crippen LogP contribution in [-0.2, 0) is 0 Å². The Bertz CT molecular complexity index is 366. The first-order valence-electron chi connectivity index (χ1n) is 7.33. The molecular weight excluding hydrogens is 236 g/mol. The highest BCUT2D eigenvalue weighted by atomic mass is 16.5. The molecule has 1 aromatic rings. The highest BCUT2D eigenvalue weighted by Crippen LogP contribution is 2.25. The minimum Gasteiger partial charge on any atom is -0.497 e. The van der Waals surface area contributed by atoms with Crippen molar-refractivity contribution in [2.75, 3.05) is 7.11 Å². The topological polar surface area (TPSA) is 47.3 Å². The molecule has 1 unspecified atom stereocenters. The summed E-state index contributed by atoms with van der Waals surface area (Å²) in [4.78, 5) is 0. The maximum atomic E-state index is 5.70. The van der Waals surface area contributed by atoms with E-state index in [1.54, 1.807) is 7.11 Å². The van der Waals surface area contributed by atoms with Gasteiger partial charge in [0.1, 0.15) is 5.75 Å². The zero-order valence-corrected chi connectivity index (χ0v) is 12.5. The van der Waals surface area contributed by atoms with Crippen molar-refractivity contribution in [1.82, 2.24) is 5.43 Å². The number of nitrogens with two attached hydrogens (primary N) is 1. The molecule has 0 heterocycles. The Kier molecular flexibility index (Phi) is 7.53. The van der Waals surface area contributed by atoms with Crippen molar-refractivity contribution < 1.29 is 4.74 Å². The predicted octanol–water partition coefficient (Wildman–Crippen LogP) is 3.87. The number of aryl methyl sites for hydroxylation is 1. The van der Waals surface area contributed by atoms with E-state index in [-0.39, 0.29) is 6.04 Å². The maximum Gasteiger partial charge on any atom is 0.119 e. The molecule has 0 aromatic heterocycles. The zero-order valence-electron chi connectivity index (χ0n) is 12.5. The second kappa shape index (κ2) is 8.94. The first-order valence-corrected chi connectivity index (χ1v) is 7.33. The molecule has 108 valence electrons. The van der Waals surface area contributed by atoms with Gasteiger partial charge in [0.15, 0.2) is 0 Å². The van der Waals surface area contributed by atoms with Gasteiger partial charge >= 0.3 is 0 Å². The monoisotopic (exact) mass is 264 g/mol. The Labute approximate surface area is 117 Å². The van der Waals surface area contributed by atoms with Crippen molar-refractivity contribution in [1.29, 1.82) is 0 Å². The van der Waals surface area contributed by atoms with Crippen LogP contribution in [0.4, 0.5) is 0 Å². The van der Waals surface area contributed by atoms with Gasteiger partial charge in [-0.1, -0.05) is 45.1 Å². The van der Waals surface area contributed by atoms with E-state index in [0.717, 1.165) is 12.2 Å². The Balaban J connectivity index is 2.54. The third-order valence-corrected chi connectivity index (χ3v) is 3.65. The number of hydrogen-bond acceptors (Lipinski definition) is 3. The third-order valence-electron chi connectivity index (χ3n) is 3.65. The van der Waals surface area contributed by atoms with Crippen LogP contribution in [0.3, 0.4) is 0 Å². The summed E-state index contributed by atoms with van der Waals surface area (Å²) < 4.78 is 5.24. The minimum absolute atomic E-state index is 0.243. The van der Waals surface area contributed by atoms with Gasteiger partial charge in [0.2, 0.25) is 0 Å². The molecule has 1 rings (SSSR count). The van der Waals surface area contributed by atoms with Crippen LogP contribution in [0, 0.1) is 6.92 Å². The van der Waals surface area contributed by atoms with Gasteiger partial charge in [-0.3, -0.25) is 11.3 Å². The molecule has 0 aliphatic carbocycles. The van der Waals surface area contributed by atoms with Crippen molar-refractivity contribution in [2.45, 2.75) is 58.4 Å². The fourth-order valence-electron chi connectivity index (χ4n) is 2.45. The molecule has 0 fully saturated rings. The van der Waals surface area contributed by atoms with E-state index in [0.29, 0.717) is 0 Å². The first kappa shape index (κ1) is 16.0. The summed E-state index contributed by atoms with van der Waals surface area (Å²) in [6.45, 7) is 4.35. The van der Waals surface area contributed by atoms with Gasteiger partial charge in [0, 0.05) is 6.04 Å². The summed E-state index contributed by atoms with van der Waals surface area (Å²) in [6, 6.07) is 6.43. The third kappa shape index (κ3) is 5.21. The van der Waals surface area contributed by atoms with Gasteiger partial charge < -0.3 is 4.74 Å². The smallest absolute Gasteiger partial charge is 0.119 e. The number of methoxy groups -OCH3 is 1. The number of hydrogen-bond donors (Lipinski definition) is 2. The molecule has 0 radical (unpaired) electrons. The number of hydrazine groups is 1. The lowest BCUT2D eigenvalue weighted by molar-refractivity contribution is 0.413. The Hall–Kier alpha value is -1.06. The summed E-state index contributed by atoms with van der Waals surface area (Å²) in [7, 11) is 1.70. The van der Waals surface area contributed by atoms with Crippen molar-refractivity contribution in [2.24, 2.45) is 5.84 Å². The van der Waals surface area contributed by atoms with Crippen LogP contribution in [0.5, 0.6) is 5.75 Å². The van der Waals surface area contributed by atoms with Gasteiger partial charge in [0.05, 0.1) is 7.11 Å². The molecule has 0 bridgehead atoms. The largest absolute Gasteiger partial charge is 0.497 e. The van der Waals surface area contributed by atoms with Crippen LogP contribution >= 0.6 is 0 Å². The van der Waals surface area contributed by atoms with E-state index < -0.39 is 0 Å². The summed E-state index contributed by atoms with van der Waals surface area (Å²) in [5, 5.41) is 0. The van der Waals surface area contributed by atoms with Crippen LogP contribution in [0.2, 0.25) is 0 Å². The second-order valence-corrected chi connectivity index (χ2v) is 5.14. The van der Waals surface area contributed by atoms with E-state index in [9.17, 15) is 0 Å². The number of unbranched alkanes of at least 4 members (excludes halogenated alkanes) is 4. The molecule has 0 aliphatic heterocycles. The molecule has 3 nitrogen and oxygen atoms in total. The van der Waals surface area contributed by atoms with Gasteiger partial charge in [-0.25, -0.2) is 0 Å². The van der Waals surface area contributed by atoms with Crippen molar-refractivity contribution >= 4 is 0 Å². The lowest BCUT2D eigenvalue weighted by Gasteiger charge is -2.19. The average Bonchev–Trinajstić information content (AvgIpc) is 2.43. The number of ether oxygens (including phenoxy) is 1. The number of benzene rings is 1. The maximum absolute atomic E-state index is 5.70. The molecule has 0 saturated heterocycles. The number of nitrogens with one attached hydrogen (secondary N) is 1. The fourth-order valence-corrected chi connectivity index (χ4v) is 2.45. The van der Waals surface area contributed by atoms with Gasteiger partial charge in [0.25, 0.3) is 0 Å². The van der Waals surface area contributed by atoms with Crippen LogP contribution in [0.1, 0.15) is 62.6 Å². The van der Waals surface area contributed by atoms with E-state index >= 15 is 0 Å². The molecule has 3 heteroatoms. The zero-order chi connectivity index (χ0) is 14.1. The molecule has 0 spiro atoms. The average molecular weight is 264 g/mol. The summed E-state index contributed by atoms with van der Waals surface area (Å²) in [5.74, 6) is 6.61. The van der Waals surface area contributed by atoms with Crippen molar-refractivity contribution in [3.63, 3.8) is 0 Å². The Morgan fingerprint density at radius 3 is 2.53 bits per heavy atom.